The first-order valence-corrected chi connectivity index (χ1v) is 6.74. The third-order valence-electron chi connectivity index (χ3n) is 2.72. The molecule has 1 heterocycles. The number of nitrogens with one attached hydrogen (secondary N) is 2. The molecule has 0 aliphatic rings. The minimum atomic E-state index is 0.471. The number of rotatable bonds is 8. The van der Waals surface area contributed by atoms with Crippen LogP contribution < -0.4 is 10.6 Å². The average molecular weight is 280 g/mol. The molecule has 0 aromatic carbocycles. The zero-order valence-corrected chi connectivity index (χ0v) is 12.5. The minimum absolute atomic E-state index is 0.471. The molecule has 0 saturated carbocycles. The van der Waals surface area contributed by atoms with Gasteiger partial charge in [0.1, 0.15) is 12.4 Å². The van der Waals surface area contributed by atoms with Crippen molar-refractivity contribution in [3.05, 3.63) is 24.3 Å². The van der Waals surface area contributed by atoms with Crippen molar-refractivity contribution in [2.75, 3.05) is 26.3 Å². The first-order chi connectivity index (χ1) is 9.69. The SMILES string of the molecule is C=CCNC(=NCc1nnc(C)n1C)NCCOCC. The minimum Gasteiger partial charge on any atom is -0.380 e. The Bertz CT molecular complexity index is 440. The Hall–Kier alpha value is -1.89. The Morgan fingerprint density at radius 3 is 2.85 bits per heavy atom. The lowest BCUT2D eigenvalue weighted by Gasteiger charge is -2.11. The fourth-order valence-corrected chi connectivity index (χ4v) is 1.47. The van der Waals surface area contributed by atoms with Crippen LogP contribution in [0, 0.1) is 6.92 Å². The normalized spacial score (nSPS) is 11.4. The van der Waals surface area contributed by atoms with E-state index in [1.165, 1.54) is 0 Å². The van der Waals surface area contributed by atoms with Gasteiger partial charge in [0.2, 0.25) is 0 Å². The average Bonchev–Trinajstić information content (AvgIpc) is 2.77. The molecular formula is C13H24N6O. The number of ether oxygens (including phenoxy) is 1. The summed E-state index contributed by atoms with van der Waals surface area (Å²) in [7, 11) is 1.93. The second-order valence-corrected chi connectivity index (χ2v) is 4.18. The molecule has 112 valence electrons. The molecule has 0 amide bonds. The summed E-state index contributed by atoms with van der Waals surface area (Å²) >= 11 is 0. The molecular weight excluding hydrogens is 256 g/mol. The molecule has 1 aromatic rings. The van der Waals surface area contributed by atoms with Crippen LogP contribution in [0.5, 0.6) is 0 Å². The lowest BCUT2D eigenvalue weighted by Crippen LogP contribution is -2.39. The molecule has 0 aliphatic carbocycles. The van der Waals surface area contributed by atoms with Gasteiger partial charge in [-0.05, 0) is 13.8 Å². The zero-order chi connectivity index (χ0) is 14.8. The van der Waals surface area contributed by atoms with Crippen molar-refractivity contribution < 1.29 is 4.74 Å². The molecule has 1 aromatic heterocycles. The second kappa shape index (κ2) is 9.08. The molecule has 0 radical (unpaired) electrons. The van der Waals surface area contributed by atoms with Crippen molar-refractivity contribution in [2.24, 2.45) is 12.0 Å². The number of aromatic nitrogens is 3. The van der Waals surface area contributed by atoms with Gasteiger partial charge < -0.3 is 19.9 Å². The maximum Gasteiger partial charge on any atom is 0.192 e. The molecule has 1 rings (SSSR count). The third-order valence-corrected chi connectivity index (χ3v) is 2.72. The van der Waals surface area contributed by atoms with Crippen LogP contribution in [0.3, 0.4) is 0 Å². The van der Waals surface area contributed by atoms with Crippen molar-refractivity contribution in [1.82, 2.24) is 25.4 Å². The molecule has 2 N–H and O–H groups in total. The van der Waals surface area contributed by atoms with Crippen LogP contribution in [0.2, 0.25) is 0 Å². The van der Waals surface area contributed by atoms with Gasteiger partial charge in [-0.25, -0.2) is 4.99 Å². The van der Waals surface area contributed by atoms with Crippen molar-refractivity contribution in [2.45, 2.75) is 20.4 Å². The maximum absolute atomic E-state index is 5.28. The van der Waals surface area contributed by atoms with Gasteiger partial charge in [0, 0.05) is 26.7 Å². The first-order valence-electron chi connectivity index (χ1n) is 6.74. The highest BCUT2D eigenvalue weighted by molar-refractivity contribution is 5.79. The van der Waals surface area contributed by atoms with Gasteiger partial charge in [-0.15, -0.1) is 16.8 Å². The van der Waals surface area contributed by atoms with Crippen LogP contribution in [0.4, 0.5) is 0 Å². The largest absolute Gasteiger partial charge is 0.380 e. The number of aryl methyl sites for hydroxylation is 1. The third kappa shape index (κ3) is 5.40. The van der Waals surface area contributed by atoms with E-state index in [1.807, 2.05) is 25.5 Å². The smallest absolute Gasteiger partial charge is 0.192 e. The van der Waals surface area contributed by atoms with Crippen molar-refractivity contribution >= 4 is 5.96 Å². The summed E-state index contributed by atoms with van der Waals surface area (Å²) in [5.74, 6) is 2.41. The van der Waals surface area contributed by atoms with Gasteiger partial charge in [-0.3, -0.25) is 0 Å². The highest BCUT2D eigenvalue weighted by Gasteiger charge is 2.04. The van der Waals surface area contributed by atoms with Gasteiger partial charge in [-0.2, -0.15) is 0 Å². The van der Waals surface area contributed by atoms with E-state index in [2.05, 4.69) is 32.4 Å². The number of hydrogen-bond acceptors (Lipinski definition) is 4. The van der Waals surface area contributed by atoms with Gasteiger partial charge in [-0.1, -0.05) is 6.08 Å². The standard InChI is InChI=1S/C13H24N6O/c1-5-7-14-13(15-8-9-20-6-2)16-10-12-18-17-11(3)19(12)4/h5H,1,6-10H2,2-4H3,(H2,14,15,16). The molecule has 0 atom stereocenters. The summed E-state index contributed by atoms with van der Waals surface area (Å²) in [4.78, 5) is 4.47. The van der Waals surface area contributed by atoms with E-state index in [-0.39, 0.29) is 0 Å². The summed E-state index contributed by atoms with van der Waals surface area (Å²) in [6.07, 6.45) is 1.78. The number of aliphatic imine (C=N–C) groups is 1. The molecule has 7 nitrogen and oxygen atoms in total. The molecule has 0 unspecified atom stereocenters. The molecule has 0 aliphatic heterocycles. The monoisotopic (exact) mass is 280 g/mol. The fourth-order valence-electron chi connectivity index (χ4n) is 1.47. The lowest BCUT2D eigenvalue weighted by molar-refractivity contribution is 0.152. The summed E-state index contributed by atoms with van der Waals surface area (Å²) < 4.78 is 7.21. The topological polar surface area (TPSA) is 76.4 Å². The van der Waals surface area contributed by atoms with Crippen LogP contribution in [0.1, 0.15) is 18.6 Å². The Morgan fingerprint density at radius 2 is 2.25 bits per heavy atom. The van der Waals surface area contributed by atoms with E-state index in [4.69, 9.17) is 4.74 Å². The second-order valence-electron chi connectivity index (χ2n) is 4.18. The number of guanidine groups is 1. The summed E-state index contributed by atoms with van der Waals surface area (Å²) in [6.45, 7) is 10.8. The van der Waals surface area contributed by atoms with Crippen molar-refractivity contribution in [1.29, 1.82) is 0 Å². The van der Waals surface area contributed by atoms with Gasteiger partial charge in [0.15, 0.2) is 11.8 Å². The van der Waals surface area contributed by atoms with E-state index in [0.717, 1.165) is 11.6 Å². The van der Waals surface area contributed by atoms with E-state index < -0.39 is 0 Å². The molecule has 0 bridgehead atoms. The van der Waals surface area contributed by atoms with Crippen LogP contribution in [0.15, 0.2) is 17.6 Å². The Balaban J connectivity index is 2.54. The molecule has 0 spiro atoms. The Morgan fingerprint density at radius 1 is 1.45 bits per heavy atom. The summed E-state index contributed by atoms with van der Waals surface area (Å²) in [6, 6.07) is 0. The summed E-state index contributed by atoms with van der Waals surface area (Å²) in [5, 5.41) is 14.4. The highest BCUT2D eigenvalue weighted by atomic mass is 16.5. The first kappa shape index (κ1) is 16.2. The van der Waals surface area contributed by atoms with Crippen LogP contribution in [0.25, 0.3) is 0 Å². The van der Waals surface area contributed by atoms with E-state index in [1.54, 1.807) is 6.08 Å². The summed E-state index contributed by atoms with van der Waals surface area (Å²) in [5.41, 5.74) is 0. The molecule has 0 fully saturated rings. The van der Waals surface area contributed by atoms with Gasteiger partial charge in [0.25, 0.3) is 0 Å². The van der Waals surface area contributed by atoms with Crippen LogP contribution >= 0.6 is 0 Å². The maximum atomic E-state index is 5.28. The predicted molar refractivity (Wildman–Crippen MR) is 79.6 cm³/mol. The lowest BCUT2D eigenvalue weighted by atomic mass is 10.5. The van der Waals surface area contributed by atoms with Crippen LogP contribution in [-0.4, -0.2) is 47.0 Å². The van der Waals surface area contributed by atoms with E-state index in [0.29, 0.717) is 38.8 Å². The number of hydrogen-bond donors (Lipinski definition) is 2. The van der Waals surface area contributed by atoms with E-state index in [9.17, 15) is 0 Å². The quantitative estimate of drug-likeness (QED) is 0.312. The van der Waals surface area contributed by atoms with Gasteiger partial charge in [0.05, 0.1) is 6.61 Å². The van der Waals surface area contributed by atoms with Gasteiger partial charge >= 0.3 is 0 Å². The predicted octanol–water partition coefficient (Wildman–Crippen LogP) is 0.381. The van der Waals surface area contributed by atoms with Crippen molar-refractivity contribution in [3.63, 3.8) is 0 Å². The zero-order valence-electron chi connectivity index (χ0n) is 12.5. The van der Waals surface area contributed by atoms with Crippen molar-refractivity contribution in [3.8, 4) is 0 Å². The van der Waals surface area contributed by atoms with Crippen LogP contribution in [-0.2, 0) is 18.3 Å². The van der Waals surface area contributed by atoms with E-state index >= 15 is 0 Å². The number of nitrogens with zero attached hydrogens (tertiary/aromatic N) is 4. The molecule has 7 heteroatoms. The molecule has 20 heavy (non-hydrogen) atoms. The fraction of sp³-hybridized carbons (Fsp3) is 0.615. The highest BCUT2D eigenvalue weighted by Crippen LogP contribution is 1.98. The molecule has 0 saturated heterocycles. The Kier molecular flexibility index (Phi) is 7.34. The Labute approximate surface area is 120 Å².